The van der Waals surface area contributed by atoms with E-state index in [9.17, 15) is 18.7 Å². The Morgan fingerprint density at radius 1 is 1.16 bits per heavy atom. The molecule has 3 aliphatic rings. The number of fused-ring (bicyclic) bond motifs is 5. The molecule has 0 radical (unpaired) electrons. The van der Waals surface area contributed by atoms with Crippen molar-refractivity contribution in [2.45, 2.75) is 93.4 Å². The van der Waals surface area contributed by atoms with E-state index in [0.29, 0.717) is 0 Å². The van der Waals surface area contributed by atoms with Crippen LogP contribution in [-0.4, -0.2) is 66.4 Å². The van der Waals surface area contributed by atoms with Gasteiger partial charge in [-0.1, -0.05) is 22.8 Å². The zero-order valence-corrected chi connectivity index (χ0v) is 19.7. The van der Waals surface area contributed by atoms with Crippen LogP contribution in [0.2, 0.25) is 0 Å². The normalized spacial score (nSPS) is 33.0. The monoisotopic (exact) mass is 464 g/mol. The van der Waals surface area contributed by atoms with E-state index in [1.807, 2.05) is 6.92 Å². The Kier molecular flexibility index (Phi) is 5.24. The average Bonchev–Trinajstić information content (AvgIpc) is 3.24. The van der Waals surface area contributed by atoms with Crippen molar-refractivity contribution in [1.82, 2.24) is 4.90 Å². The highest BCUT2D eigenvalue weighted by molar-refractivity contribution is 7.92. The van der Waals surface area contributed by atoms with Crippen LogP contribution >= 0.6 is 0 Å². The molecule has 32 heavy (non-hydrogen) atoms. The summed E-state index contributed by atoms with van der Waals surface area (Å²) in [6.45, 7) is 10.5. The third-order valence-electron chi connectivity index (χ3n) is 6.00. The lowest BCUT2D eigenvalue weighted by Gasteiger charge is -2.31. The van der Waals surface area contributed by atoms with E-state index in [0.717, 1.165) is 5.56 Å². The highest BCUT2D eigenvalue weighted by Crippen LogP contribution is 2.52. The predicted molar refractivity (Wildman–Crippen MR) is 115 cm³/mol. The number of benzene rings is 1. The molecular formula is C21H28N4O6S. The topological polar surface area (TPSA) is 131 Å². The van der Waals surface area contributed by atoms with Crippen LogP contribution in [0.3, 0.4) is 0 Å². The van der Waals surface area contributed by atoms with Gasteiger partial charge < -0.3 is 14.2 Å². The molecule has 0 aromatic heterocycles. The largest absolute Gasteiger partial charge is 0.444 e. The van der Waals surface area contributed by atoms with Gasteiger partial charge in [-0.3, -0.25) is 4.90 Å². The quantitative estimate of drug-likeness (QED) is 0.383. The zero-order chi connectivity index (χ0) is 23.6. The molecule has 0 N–H and O–H groups in total. The van der Waals surface area contributed by atoms with Crippen molar-refractivity contribution in [3.8, 4) is 0 Å². The first-order chi connectivity index (χ1) is 14.8. The molecule has 2 bridgehead atoms. The van der Waals surface area contributed by atoms with Crippen molar-refractivity contribution in [3.05, 3.63) is 40.3 Å². The van der Waals surface area contributed by atoms with Crippen molar-refractivity contribution >= 4 is 15.9 Å². The summed E-state index contributed by atoms with van der Waals surface area (Å²) in [5.74, 6) is -0.963. The molecule has 10 nitrogen and oxygen atoms in total. The molecule has 3 heterocycles. The second-order valence-corrected chi connectivity index (χ2v) is 12.1. The minimum Gasteiger partial charge on any atom is -0.444 e. The molecule has 11 heteroatoms. The van der Waals surface area contributed by atoms with Crippen LogP contribution in [0.5, 0.6) is 0 Å². The van der Waals surface area contributed by atoms with E-state index in [2.05, 4.69) is 10.0 Å². The summed E-state index contributed by atoms with van der Waals surface area (Å²) in [6.07, 6.45) is -2.02. The molecule has 6 atom stereocenters. The molecule has 3 fully saturated rings. The highest BCUT2D eigenvalue weighted by atomic mass is 32.2. The summed E-state index contributed by atoms with van der Waals surface area (Å²) in [4.78, 5) is 17.5. The molecule has 174 valence electrons. The lowest BCUT2D eigenvalue weighted by molar-refractivity contribution is -0.161. The smallest absolute Gasteiger partial charge is 0.411 e. The summed E-state index contributed by atoms with van der Waals surface area (Å²) in [5, 5.41) is 2.65. The second-order valence-electron chi connectivity index (χ2n) is 9.95. The highest BCUT2D eigenvalue weighted by Gasteiger charge is 2.72. The fourth-order valence-electron chi connectivity index (χ4n) is 4.97. The average molecular weight is 465 g/mol. The Morgan fingerprint density at radius 3 is 2.25 bits per heavy atom. The summed E-state index contributed by atoms with van der Waals surface area (Å²) >= 11 is 0. The molecule has 3 saturated heterocycles. The van der Waals surface area contributed by atoms with E-state index in [4.69, 9.17) is 14.2 Å². The van der Waals surface area contributed by atoms with Crippen molar-refractivity contribution in [1.29, 1.82) is 0 Å². The number of ether oxygens (including phenoxy) is 3. The number of amides is 1. The van der Waals surface area contributed by atoms with Gasteiger partial charge in [-0.05, 0) is 59.2 Å². The van der Waals surface area contributed by atoms with E-state index in [1.54, 1.807) is 46.8 Å². The van der Waals surface area contributed by atoms with E-state index < -0.39 is 62.9 Å². The van der Waals surface area contributed by atoms with Crippen molar-refractivity contribution < 1.29 is 27.4 Å². The molecule has 3 unspecified atom stereocenters. The number of rotatable bonds is 3. The summed E-state index contributed by atoms with van der Waals surface area (Å²) in [7, 11) is -3.99. The van der Waals surface area contributed by atoms with Gasteiger partial charge in [-0.2, -0.15) is 0 Å². The van der Waals surface area contributed by atoms with Gasteiger partial charge in [0.05, 0.1) is 28.3 Å². The number of hydrogen-bond acceptors (Lipinski definition) is 7. The van der Waals surface area contributed by atoms with Crippen molar-refractivity contribution in [2.75, 3.05) is 0 Å². The number of nitrogens with zero attached hydrogens (tertiary/aromatic N) is 4. The van der Waals surface area contributed by atoms with Crippen LogP contribution in [0.25, 0.3) is 10.4 Å². The first-order valence-corrected chi connectivity index (χ1v) is 12.0. The van der Waals surface area contributed by atoms with Gasteiger partial charge >= 0.3 is 6.09 Å². The third-order valence-corrected chi connectivity index (χ3v) is 8.20. The number of carbonyl (C=O) groups excluding carboxylic acids is 1. The Balaban J connectivity index is 1.84. The first kappa shape index (κ1) is 22.8. The summed E-state index contributed by atoms with van der Waals surface area (Å²) in [6, 6.07) is 3.64. The van der Waals surface area contributed by atoms with Gasteiger partial charge in [0, 0.05) is 4.91 Å². The summed E-state index contributed by atoms with van der Waals surface area (Å²) < 4.78 is 45.2. The minimum atomic E-state index is -3.99. The van der Waals surface area contributed by atoms with Crippen LogP contribution in [0.15, 0.2) is 34.3 Å². The molecule has 1 aromatic carbocycles. The molecule has 1 amide bonds. The van der Waals surface area contributed by atoms with Crippen LogP contribution in [-0.2, 0) is 24.0 Å². The Labute approximate surface area is 187 Å². The Hall–Kier alpha value is -2.33. The number of sulfone groups is 1. The number of hydrogen-bond donors (Lipinski definition) is 0. The Morgan fingerprint density at radius 2 is 1.72 bits per heavy atom. The van der Waals surface area contributed by atoms with E-state index >= 15 is 0 Å². The van der Waals surface area contributed by atoms with Gasteiger partial charge in [0.1, 0.15) is 17.8 Å². The van der Waals surface area contributed by atoms with Crippen molar-refractivity contribution in [2.24, 2.45) is 5.11 Å². The van der Waals surface area contributed by atoms with Gasteiger partial charge in [-0.15, -0.1) is 0 Å². The van der Waals surface area contributed by atoms with Gasteiger partial charge in [-0.25, -0.2) is 13.2 Å². The molecule has 1 aromatic rings. The molecule has 0 aliphatic carbocycles. The zero-order valence-electron chi connectivity index (χ0n) is 18.9. The minimum absolute atomic E-state index is 0.0951. The molecule has 3 aliphatic heterocycles. The standard InChI is InChI=1S/C21H28N4O6S/c1-11-7-9-12(10-8-11)32(27,28)18-13(23-24-22)14-16-17(30-21(5,6)29-16)15(18)25(14)19(26)31-20(2,3)4/h7-10,13-18H,1-6H3/t13?,14?,15-,16?,17-,18-/m1/s1. The van der Waals surface area contributed by atoms with Crippen LogP contribution in [0, 0.1) is 6.92 Å². The Bertz CT molecular complexity index is 1070. The van der Waals surface area contributed by atoms with Gasteiger partial charge in [0.2, 0.25) is 0 Å². The van der Waals surface area contributed by atoms with Crippen molar-refractivity contribution in [3.63, 3.8) is 0 Å². The molecule has 0 saturated carbocycles. The third kappa shape index (κ3) is 3.63. The number of carbonyl (C=O) groups is 1. The lowest BCUT2D eigenvalue weighted by Crippen LogP contribution is -2.53. The molecule has 0 spiro atoms. The number of azide groups is 1. The van der Waals surface area contributed by atoms with E-state index in [-0.39, 0.29) is 4.90 Å². The molecular weight excluding hydrogens is 436 g/mol. The fourth-order valence-corrected chi connectivity index (χ4v) is 7.03. The summed E-state index contributed by atoms with van der Waals surface area (Å²) in [5.41, 5.74) is 9.37. The second kappa shape index (κ2) is 7.34. The number of aryl methyl sites for hydroxylation is 1. The maximum absolute atomic E-state index is 13.8. The van der Waals surface area contributed by atoms with Crippen LogP contribution in [0.4, 0.5) is 4.79 Å². The van der Waals surface area contributed by atoms with Gasteiger partial charge in [0.25, 0.3) is 0 Å². The lowest BCUT2D eigenvalue weighted by atomic mass is 9.90. The maximum Gasteiger partial charge on any atom is 0.411 e. The fraction of sp³-hybridized carbons (Fsp3) is 0.667. The van der Waals surface area contributed by atoms with Crippen LogP contribution < -0.4 is 0 Å². The maximum atomic E-state index is 13.8. The predicted octanol–water partition coefficient (Wildman–Crippen LogP) is 3.34. The first-order valence-electron chi connectivity index (χ1n) is 10.5. The SMILES string of the molecule is Cc1ccc(S(=O)(=O)[C@@H]2C(N=[N+]=[N-])C3C4OC(C)(C)O[C@@H]4[C@H]2N3C(=O)OC(C)(C)C)cc1. The van der Waals surface area contributed by atoms with E-state index in [1.165, 1.54) is 17.0 Å². The van der Waals surface area contributed by atoms with Crippen LogP contribution in [0.1, 0.15) is 40.2 Å². The molecule has 4 rings (SSSR count). The van der Waals surface area contributed by atoms with Gasteiger partial charge in [0.15, 0.2) is 15.6 Å².